The lowest BCUT2D eigenvalue weighted by Crippen LogP contribution is -2.12. The van der Waals surface area contributed by atoms with Gasteiger partial charge in [-0.2, -0.15) is 0 Å². The maximum absolute atomic E-state index is 11.5. The average molecular weight is 362 g/mol. The van der Waals surface area contributed by atoms with Gasteiger partial charge < -0.3 is 9.47 Å². The van der Waals surface area contributed by atoms with Crippen molar-refractivity contribution >= 4 is 11.4 Å². The average Bonchev–Trinajstić information content (AvgIpc) is 3.14. The highest BCUT2D eigenvalue weighted by molar-refractivity contribution is 5.66. The van der Waals surface area contributed by atoms with Gasteiger partial charge in [0.2, 0.25) is 0 Å². The topological polar surface area (TPSA) is 64.2 Å². The summed E-state index contributed by atoms with van der Waals surface area (Å²) < 4.78 is 1.99. The second kappa shape index (κ2) is 8.31. The van der Waals surface area contributed by atoms with Crippen molar-refractivity contribution in [1.82, 2.24) is 9.55 Å². The number of anilines is 1. The number of aromatic nitrogens is 2. The number of allylic oxidation sites excluding steroid dienone is 2. The molecule has 0 aliphatic carbocycles. The van der Waals surface area contributed by atoms with Crippen LogP contribution >= 0.6 is 0 Å². The molecule has 0 unspecified atom stereocenters. The van der Waals surface area contributed by atoms with Gasteiger partial charge in [-0.05, 0) is 12.5 Å². The van der Waals surface area contributed by atoms with Crippen LogP contribution in [0, 0.1) is 10.1 Å². The van der Waals surface area contributed by atoms with Crippen LogP contribution in [0.1, 0.15) is 5.56 Å². The van der Waals surface area contributed by atoms with Gasteiger partial charge in [0, 0.05) is 38.0 Å². The number of benzene rings is 2. The minimum absolute atomic E-state index is 0.168. The molecule has 6 heteroatoms. The minimum Gasteiger partial charge on any atom is -0.372 e. The van der Waals surface area contributed by atoms with Crippen LogP contribution in [-0.2, 0) is 13.0 Å². The molecule has 0 amide bonds. The summed E-state index contributed by atoms with van der Waals surface area (Å²) in [6.07, 6.45) is 8.27. The van der Waals surface area contributed by atoms with Crippen LogP contribution in [-0.4, -0.2) is 28.6 Å². The summed E-state index contributed by atoms with van der Waals surface area (Å²) >= 11 is 0. The molecule has 2 aromatic carbocycles. The minimum atomic E-state index is -0.305. The lowest BCUT2D eigenvalue weighted by Gasteiger charge is -2.14. The molecule has 0 aliphatic heterocycles. The zero-order valence-corrected chi connectivity index (χ0v) is 15.4. The Morgan fingerprint density at radius 2 is 1.89 bits per heavy atom. The maximum Gasteiger partial charge on any atom is 0.295 e. The first kappa shape index (κ1) is 18.4. The first-order valence-electron chi connectivity index (χ1n) is 8.72. The molecule has 0 aliphatic rings. The summed E-state index contributed by atoms with van der Waals surface area (Å²) in [5, 5.41) is 11.5. The van der Waals surface area contributed by atoms with E-state index in [4.69, 9.17) is 0 Å². The number of nitro benzene ring substituents is 1. The highest BCUT2D eigenvalue weighted by atomic mass is 16.6. The molecule has 3 aromatic rings. The third kappa shape index (κ3) is 4.41. The third-order valence-electron chi connectivity index (χ3n) is 4.29. The molecule has 138 valence electrons. The Morgan fingerprint density at radius 3 is 2.59 bits per heavy atom. The molecular formula is C21H22N4O2. The van der Waals surface area contributed by atoms with Crippen molar-refractivity contribution in [3.63, 3.8) is 0 Å². The molecule has 0 fully saturated rings. The van der Waals surface area contributed by atoms with E-state index in [9.17, 15) is 10.1 Å². The monoisotopic (exact) mass is 362 g/mol. The number of hydrogen-bond acceptors (Lipinski definition) is 4. The Morgan fingerprint density at radius 1 is 1.11 bits per heavy atom. The predicted molar refractivity (Wildman–Crippen MR) is 108 cm³/mol. The lowest BCUT2D eigenvalue weighted by atomic mass is 10.1. The largest absolute Gasteiger partial charge is 0.372 e. The maximum atomic E-state index is 11.5. The molecule has 27 heavy (non-hydrogen) atoms. The summed E-state index contributed by atoms with van der Waals surface area (Å²) in [4.78, 5) is 17.4. The number of nitro groups is 1. The van der Waals surface area contributed by atoms with Crippen LogP contribution in [0.15, 0.2) is 73.2 Å². The summed E-state index contributed by atoms with van der Waals surface area (Å²) in [7, 11) is 3.62. The van der Waals surface area contributed by atoms with Crippen molar-refractivity contribution in [3.8, 4) is 11.3 Å². The molecular weight excluding hydrogens is 340 g/mol. The standard InChI is InChI=1S/C21H22N4O2/c1-23(2)20-13-8-12-18(21(20)25(26)27)11-6-7-14-24-15-19(22-16-24)17-9-4-3-5-10-17/h3-10,12-13,15-16H,11,14H2,1-2H3. The summed E-state index contributed by atoms with van der Waals surface area (Å²) in [5.74, 6) is 0. The van der Waals surface area contributed by atoms with E-state index >= 15 is 0 Å². The van der Waals surface area contributed by atoms with Crippen LogP contribution in [0.5, 0.6) is 0 Å². The molecule has 3 rings (SSSR count). The fourth-order valence-corrected chi connectivity index (χ4v) is 2.94. The van der Waals surface area contributed by atoms with E-state index in [0.29, 0.717) is 24.2 Å². The van der Waals surface area contributed by atoms with Crippen molar-refractivity contribution < 1.29 is 4.92 Å². The van der Waals surface area contributed by atoms with Gasteiger partial charge in [0.1, 0.15) is 5.69 Å². The number of imidazole rings is 1. The van der Waals surface area contributed by atoms with Gasteiger partial charge in [0.25, 0.3) is 5.69 Å². The zero-order valence-electron chi connectivity index (χ0n) is 15.4. The van der Waals surface area contributed by atoms with Crippen molar-refractivity contribution in [2.45, 2.75) is 13.0 Å². The highest BCUT2D eigenvalue weighted by Crippen LogP contribution is 2.31. The molecule has 0 bridgehead atoms. The van der Waals surface area contributed by atoms with Gasteiger partial charge in [0.05, 0.1) is 16.9 Å². The second-order valence-electron chi connectivity index (χ2n) is 6.43. The molecule has 0 N–H and O–H groups in total. The van der Waals surface area contributed by atoms with Crippen LogP contribution in [0.4, 0.5) is 11.4 Å². The van der Waals surface area contributed by atoms with E-state index in [1.807, 2.05) is 73.4 Å². The van der Waals surface area contributed by atoms with Crippen molar-refractivity contribution in [2.24, 2.45) is 0 Å². The fourth-order valence-electron chi connectivity index (χ4n) is 2.94. The molecule has 0 saturated carbocycles. The van der Waals surface area contributed by atoms with E-state index < -0.39 is 0 Å². The Labute approximate surface area is 158 Å². The number of rotatable bonds is 7. The van der Waals surface area contributed by atoms with E-state index in [1.165, 1.54) is 0 Å². The number of hydrogen-bond donors (Lipinski definition) is 0. The zero-order chi connectivity index (χ0) is 19.2. The highest BCUT2D eigenvalue weighted by Gasteiger charge is 2.19. The molecule has 0 spiro atoms. The smallest absolute Gasteiger partial charge is 0.295 e. The van der Waals surface area contributed by atoms with Gasteiger partial charge in [-0.3, -0.25) is 10.1 Å². The number of para-hydroxylation sites is 1. The molecule has 0 atom stereocenters. The summed E-state index contributed by atoms with van der Waals surface area (Å²) in [5.41, 5.74) is 3.50. The first-order valence-corrected chi connectivity index (χ1v) is 8.72. The Kier molecular flexibility index (Phi) is 5.66. The third-order valence-corrected chi connectivity index (χ3v) is 4.29. The van der Waals surface area contributed by atoms with Crippen LogP contribution in [0.3, 0.4) is 0 Å². The lowest BCUT2D eigenvalue weighted by molar-refractivity contribution is -0.384. The van der Waals surface area contributed by atoms with Gasteiger partial charge >= 0.3 is 0 Å². The molecule has 1 heterocycles. The number of nitrogens with zero attached hydrogens (tertiary/aromatic N) is 4. The van der Waals surface area contributed by atoms with Gasteiger partial charge in [-0.15, -0.1) is 0 Å². The van der Waals surface area contributed by atoms with Crippen molar-refractivity contribution in [3.05, 3.63) is 88.9 Å². The molecule has 1 aromatic heterocycles. The Hall–Kier alpha value is -3.41. The SMILES string of the molecule is CN(C)c1cccc(CC=CCn2cnc(-c3ccccc3)c2)c1[N+](=O)[O-]. The summed E-state index contributed by atoms with van der Waals surface area (Å²) in [6, 6.07) is 15.4. The van der Waals surface area contributed by atoms with E-state index in [0.717, 1.165) is 11.3 Å². The molecule has 0 radical (unpaired) electrons. The summed E-state index contributed by atoms with van der Waals surface area (Å²) in [6.45, 7) is 0.668. The quantitative estimate of drug-likeness (QED) is 0.357. The van der Waals surface area contributed by atoms with E-state index in [2.05, 4.69) is 4.98 Å². The second-order valence-corrected chi connectivity index (χ2v) is 6.43. The van der Waals surface area contributed by atoms with E-state index in [-0.39, 0.29) is 10.6 Å². The van der Waals surface area contributed by atoms with Gasteiger partial charge in [0.15, 0.2) is 0 Å². The van der Waals surface area contributed by atoms with Crippen LogP contribution in [0.2, 0.25) is 0 Å². The van der Waals surface area contributed by atoms with Crippen molar-refractivity contribution in [1.29, 1.82) is 0 Å². The Bertz CT molecular complexity index is 946. The van der Waals surface area contributed by atoms with Gasteiger partial charge in [-0.1, -0.05) is 54.6 Å². The van der Waals surface area contributed by atoms with Crippen LogP contribution < -0.4 is 4.90 Å². The normalized spacial score (nSPS) is 11.0. The fraction of sp³-hybridized carbons (Fsp3) is 0.190. The predicted octanol–water partition coefficient (Wildman–Crippen LogP) is 4.32. The Balaban J connectivity index is 1.68. The first-order chi connectivity index (χ1) is 13.1. The van der Waals surface area contributed by atoms with E-state index in [1.54, 1.807) is 23.4 Å². The van der Waals surface area contributed by atoms with Gasteiger partial charge in [-0.25, -0.2) is 4.98 Å². The molecule has 6 nitrogen and oxygen atoms in total. The molecule has 0 saturated heterocycles. The van der Waals surface area contributed by atoms with Crippen LogP contribution in [0.25, 0.3) is 11.3 Å². The van der Waals surface area contributed by atoms with Crippen molar-refractivity contribution in [2.75, 3.05) is 19.0 Å².